The van der Waals surface area contributed by atoms with Crippen molar-refractivity contribution in [2.75, 3.05) is 30.3 Å². The van der Waals surface area contributed by atoms with E-state index >= 15 is 0 Å². The van der Waals surface area contributed by atoms with E-state index in [4.69, 9.17) is 0 Å². The molecule has 2 N–H and O–H groups in total. The molecule has 0 aliphatic heterocycles. The fourth-order valence-corrected chi connectivity index (χ4v) is 3.13. The van der Waals surface area contributed by atoms with Crippen LogP contribution >= 0.6 is 0 Å². The van der Waals surface area contributed by atoms with Gasteiger partial charge in [-0.25, -0.2) is 0 Å². The number of aryl methyl sites for hydroxylation is 2. The summed E-state index contributed by atoms with van der Waals surface area (Å²) < 4.78 is 0. The van der Waals surface area contributed by atoms with Gasteiger partial charge in [-0.1, -0.05) is 31.2 Å². The minimum Gasteiger partial charge on any atom is -0.325 e. The topological polar surface area (TPSA) is 105 Å². The molecule has 0 aliphatic carbocycles. The van der Waals surface area contributed by atoms with Gasteiger partial charge < -0.3 is 10.6 Å². The summed E-state index contributed by atoms with van der Waals surface area (Å²) in [4.78, 5) is 37.6. The van der Waals surface area contributed by atoms with E-state index in [1.165, 1.54) is 6.07 Å². The maximum atomic E-state index is 12.6. The van der Waals surface area contributed by atoms with Gasteiger partial charge in [-0.05, 0) is 56.5 Å². The predicted octanol–water partition coefficient (Wildman–Crippen LogP) is 3.81. The summed E-state index contributed by atoms with van der Waals surface area (Å²) in [5.41, 5.74) is 3.23. The highest BCUT2D eigenvalue weighted by atomic mass is 16.6. The number of nitro benzene ring substituents is 1. The van der Waals surface area contributed by atoms with Crippen molar-refractivity contribution in [1.82, 2.24) is 4.90 Å². The van der Waals surface area contributed by atoms with Crippen LogP contribution in [-0.2, 0) is 9.59 Å². The Hall–Kier alpha value is -3.26. The molecule has 30 heavy (non-hydrogen) atoms. The number of hydrogen-bond acceptors (Lipinski definition) is 5. The van der Waals surface area contributed by atoms with Crippen molar-refractivity contribution in [1.29, 1.82) is 0 Å². The molecule has 2 aromatic rings. The van der Waals surface area contributed by atoms with Crippen LogP contribution in [0.1, 0.15) is 30.0 Å². The number of nitro groups is 1. The molecule has 0 aliphatic rings. The minimum atomic E-state index is -0.512. The van der Waals surface area contributed by atoms with Crippen molar-refractivity contribution >= 4 is 28.9 Å². The summed E-state index contributed by atoms with van der Waals surface area (Å²) in [5.74, 6) is -0.618. The Morgan fingerprint density at radius 2 is 1.60 bits per heavy atom. The fourth-order valence-electron chi connectivity index (χ4n) is 3.13. The molecule has 0 aromatic heterocycles. The highest BCUT2D eigenvalue weighted by Crippen LogP contribution is 2.30. The van der Waals surface area contributed by atoms with Gasteiger partial charge in [0.05, 0.1) is 18.0 Å². The smallest absolute Gasteiger partial charge is 0.293 e. The van der Waals surface area contributed by atoms with Gasteiger partial charge in [0.1, 0.15) is 5.69 Å². The van der Waals surface area contributed by atoms with E-state index in [-0.39, 0.29) is 30.4 Å². The Morgan fingerprint density at radius 1 is 0.967 bits per heavy atom. The van der Waals surface area contributed by atoms with Crippen molar-refractivity contribution in [2.24, 2.45) is 0 Å². The Bertz CT molecular complexity index is 943. The van der Waals surface area contributed by atoms with Crippen molar-refractivity contribution in [3.05, 3.63) is 63.2 Å². The largest absolute Gasteiger partial charge is 0.325 e. The molecule has 0 fully saturated rings. The standard InChI is InChI=1S/C22H28N4O4/c1-5-12-25(13-20(27)23-18-9-7-6-8-16(18)3)14-21(28)24-22-17(4)15(2)10-11-19(22)26(29)30/h6-11H,5,12-14H2,1-4H3,(H,23,27)(H,24,28). The number of hydrogen-bond donors (Lipinski definition) is 2. The maximum Gasteiger partial charge on any atom is 0.293 e. The number of nitrogens with one attached hydrogen (secondary N) is 2. The monoisotopic (exact) mass is 412 g/mol. The third-order valence-electron chi connectivity index (χ3n) is 4.87. The molecule has 0 saturated carbocycles. The molecule has 2 aromatic carbocycles. The Balaban J connectivity index is 2.07. The molecule has 0 bridgehead atoms. The molecule has 0 heterocycles. The van der Waals surface area contributed by atoms with Crippen LogP contribution in [0.15, 0.2) is 36.4 Å². The van der Waals surface area contributed by atoms with E-state index in [0.717, 1.165) is 23.2 Å². The van der Waals surface area contributed by atoms with Crippen LogP contribution in [0.3, 0.4) is 0 Å². The third-order valence-corrected chi connectivity index (χ3v) is 4.87. The van der Waals surface area contributed by atoms with Gasteiger partial charge in [-0.15, -0.1) is 0 Å². The Labute approximate surface area is 176 Å². The molecule has 0 saturated heterocycles. The summed E-state index contributed by atoms with van der Waals surface area (Å²) in [5, 5.41) is 16.9. The highest BCUT2D eigenvalue weighted by Gasteiger charge is 2.21. The molecule has 0 atom stereocenters. The van der Waals surface area contributed by atoms with E-state index in [2.05, 4.69) is 10.6 Å². The summed E-state index contributed by atoms with van der Waals surface area (Å²) in [6, 6.07) is 10.5. The molecule has 0 unspecified atom stereocenters. The van der Waals surface area contributed by atoms with E-state index in [1.807, 2.05) is 45.0 Å². The van der Waals surface area contributed by atoms with Crippen LogP contribution < -0.4 is 10.6 Å². The second kappa shape index (κ2) is 10.5. The number of para-hydroxylation sites is 1. The first-order chi connectivity index (χ1) is 14.2. The number of nitrogens with zero attached hydrogens (tertiary/aromatic N) is 2. The second-order valence-corrected chi connectivity index (χ2v) is 7.28. The molecule has 0 spiro atoms. The zero-order valence-corrected chi connectivity index (χ0v) is 17.8. The second-order valence-electron chi connectivity index (χ2n) is 7.28. The van der Waals surface area contributed by atoms with Crippen molar-refractivity contribution in [3.8, 4) is 0 Å². The van der Waals surface area contributed by atoms with Crippen LogP contribution in [-0.4, -0.2) is 41.3 Å². The summed E-state index contributed by atoms with van der Waals surface area (Å²) in [6.07, 6.45) is 0.758. The molecule has 8 heteroatoms. The van der Waals surface area contributed by atoms with Gasteiger partial charge >= 0.3 is 0 Å². The van der Waals surface area contributed by atoms with Crippen LogP contribution in [0.5, 0.6) is 0 Å². The number of carbonyl (C=O) groups is 2. The van der Waals surface area contributed by atoms with Crippen LogP contribution in [0, 0.1) is 30.9 Å². The lowest BCUT2D eigenvalue weighted by molar-refractivity contribution is -0.384. The van der Waals surface area contributed by atoms with Gasteiger partial charge in [-0.2, -0.15) is 0 Å². The lowest BCUT2D eigenvalue weighted by Gasteiger charge is -2.21. The molecule has 8 nitrogen and oxygen atoms in total. The maximum absolute atomic E-state index is 12.6. The Kier molecular flexibility index (Phi) is 8.06. The van der Waals surface area contributed by atoms with Crippen molar-refractivity contribution in [3.63, 3.8) is 0 Å². The van der Waals surface area contributed by atoms with Gasteiger partial charge in [0.15, 0.2) is 0 Å². The number of amides is 2. The van der Waals surface area contributed by atoms with Crippen LogP contribution in [0.4, 0.5) is 17.1 Å². The van der Waals surface area contributed by atoms with Gasteiger partial charge in [0.2, 0.25) is 11.8 Å². The van der Waals surface area contributed by atoms with Crippen molar-refractivity contribution in [2.45, 2.75) is 34.1 Å². The lowest BCUT2D eigenvalue weighted by Crippen LogP contribution is -2.39. The molecular weight excluding hydrogens is 384 g/mol. The molecule has 160 valence electrons. The molecule has 0 radical (unpaired) electrons. The first-order valence-electron chi connectivity index (χ1n) is 9.85. The Morgan fingerprint density at radius 3 is 2.20 bits per heavy atom. The third kappa shape index (κ3) is 6.12. The van der Waals surface area contributed by atoms with E-state index in [9.17, 15) is 19.7 Å². The van der Waals surface area contributed by atoms with E-state index in [0.29, 0.717) is 12.1 Å². The zero-order chi connectivity index (χ0) is 22.3. The normalized spacial score (nSPS) is 10.7. The van der Waals surface area contributed by atoms with Gasteiger partial charge in [0, 0.05) is 11.8 Å². The number of carbonyl (C=O) groups excluding carboxylic acids is 2. The van der Waals surface area contributed by atoms with E-state index < -0.39 is 10.8 Å². The lowest BCUT2D eigenvalue weighted by atomic mass is 10.1. The quantitative estimate of drug-likeness (QED) is 0.481. The van der Waals surface area contributed by atoms with E-state index in [1.54, 1.807) is 17.9 Å². The first kappa shape index (κ1) is 23.0. The van der Waals surface area contributed by atoms with Crippen LogP contribution in [0.25, 0.3) is 0 Å². The molecule has 2 amide bonds. The summed E-state index contributed by atoms with van der Waals surface area (Å²) in [6.45, 7) is 7.97. The predicted molar refractivity (Wildman–Crippen MR) is 118 cm³/mol. The zero-order valence-electron chi connectivity index (χ0n) is 17.8. The van der Waals surface area contributed by atoms with Gasteiger partial charge in [0.25, 0.3) is 5.69 Å². The number of rotatable bonds is 9. The average molecular weight is 412 g/mol. The van der Waals surface area contributed by atoms with Gasteiger partial charge in [-0.3, -0.25) is 24.6 Å². The van der Waals surface area contributed by atoms with Crippen LogP contribution in [0.2, 0.25) is 0 Å². The number of benzene rings is 2. The summed E-state index contributed by atoms with van der Waals surface area (Å²) >= 11 is 0. The summed E-state index contributed by atoms with van der Waals surface area (Å²) in [7, 11) is 0. The SMILES string of the molecule is CCCN(CC(=O)Nc1ccccc1C)CC(=O)Nc1c([N+](=O)[O-])ccc(C)c1C. The highest BCUT2D eigenvalue weighted by molar-refractivity contribution is 5.97. The number of anilines is 2. The fraction of sp³-hybridized carbons (Fsp3) is 0.364. The molecular formula is C22H28N4O4. The first-order valence-corrected chi connectivity index (χ1v) is 9.85. The minimum absolute atomic E-state index is 0.0421. The molecule has 2 rings (SSSR count). The van der Waals surface area contributed by atoms with Crippen molar-refractivity contribution < 1.29 is 14.5 Å². The average Bonchev–Trinajstić information content (AvgIpc) is 2.67.